The predicted molar refractivity (Wildman–Crippen MR) is 118 cm³/mol. The van der Waals surface area contributed by atoms with Crippen LogP contribution in [0.5, 0.6) is 0 Å². The number of rotatable bonds is 3. The lowest BCUT2D eigenvalue weighted by Gasteiger charge is -2.10. The quantitative estimate of drug-likeness (QED) is 0.287. The summed E-state index contributed by atoms with van der Waals surface area (Å²) in [5, 5.41) is 0.740. The number of benzene rings is 3. The average molecular weight is 468 g/mol. The van der Waals surface area contributed by atoms with Crippen LogP contribution in [0.15, 0.2) is 91.0 Å². The van der Waals surface area contributed by atoms with Crippen LogP contribution in [-0.2, 0) is 0 Å². The number of hydrogen-bond donors (Lipinski definition) is 0. The van der Waals surface area contributed by atoms with Gasteiger partial charge >= 0.3 is 0 Å². The van der Waals surface area contributed by atoms with Crippen molar-refractivity contribution in [2.45, 2.75) is 0 Å². The van der Waals surface area contributed by atoms with Crippen LogP contribution in [0.25, 0.3) is 33.6 Å². The van der Waals surface area contributed by atoms with Crippen molar-refractivity contribution in [2.75, 3.05) is 0 Å². The zero-order chi connectivity index (χ0) is 17.9. The molecule has 1 nitrogen and oxygen atoms in total. The third-order valence-corrected chi connectivity index (χ3v) is 5.12. The smallest absolute Gasteiger partial charge is 0.0716 e. The van der Waals surface area contributed by atoms with Gasteiger partial charge in [0.05, 0.1) is 11.4 Å². The fourth-order valence-corrected chi connectivity index (χ4v) is 3.56. The summed E-state index contributed by atoms with van der Waals surface area (Å²) < 4.78 is 1.19. The lowest BCUT2D eigenvalue weighted by atomic mass is 10.00. The maximum atomic E-state index is 6.06. The second kappa shape index (κ2) is 7.60. The first kappa shape index (κ1) is 17.3. The summed E-state index contributed by atoms with van der Waals surface area (Å²) in [7, 11) is 0. The van der Waals surface area contributed by atoms with Gasteiger partial charge in [-0.3, -0.25) is 0 Å². The molecule has 0 amide bonds. The molecule has 4 rings (SSSR count). The molecule has 0 N–H and O–H groups in total. The van der Waals surface area contributed by atoms with Crippen LogP contribution in [0.4, 0.5) is 0 Å². The van der Waals surface area contributed by atoms with Gasteiger partial charge in [0.2, 0.25) is 0 Å². The first-order chi connectivity index (χ1) is 12.7. The van der Waals surface area contributed by atoms with E-state index in [1.807, 2.05) is 42.5 Å². The van der Waals surface area contributed by atoms with E-state index in [4.69, 9.17) is 16.6 Å². The third kappa shape index (κ3) is 3.81. The van der Waals surface area contributed by atoms with Gasteiger partial charge in [-0.2, -0.15) is 0 Å². The van der Waals surface area contributed by atoms with Crippen molar-refractivity contribution in [3.63, 3.8) is 0 Å². The standard InChI is InChI=1S/C23H15ClIN/c24-20-11-9-16(10-12-20)19-14-22(17-5-2-1-3-6-17)26-23(15-19)18-7-4-8-21(25)13-18/h1-15H. The van der Waals surface area contributed by atoms with Crippen LogP contribution in [-0.4, -0.2) is 4.98 Å². The van der Waals surface area contributed by atoms with Crippen molar-refractivity contribution < 1.29 is 0 Å². The molecule has 3 heteroatoms. The Labute approximate surface area is 171 Å². The van der Waals surface area contributed by atoms with E-state index in [0.29, 0.717) is 0 Å². The Kier molecular flexibility index (Phi) is 5.05. The van der Waals surface area contributed by atoms with Crippen LogP contribution in [0, 0.1) is 3.57 Å². The van der Waals surface area contributed by atoms with Crippen LogP contribution < -0.4 is 0 Å². The molecule has 0 saturated carbocycles. The summed E-state index contributed by atoms with van der Waals surface area (Å²) in [6.45, 7) is 0. The Morgan fingerprint density at radius 3 is 1.92 bits per heavy atom. The van der Waals surface area contributed by atoms with E-state index >= 15 is 0 Å². The number of aromatic nitrogens is 1. The van der Waals surface area contributed by atoms with Crippen LogP contribution in [0.1, 0.15) is 0 Å². The zero-order valence-corrected chi connectivity index (χ0v) is 16.8. The van der Waals surface area contributed by atoms with Crippen LogP contribution in [0.3, 0.4) is 0 Å². The molecule has 0 aliphatic carbocycles. The van der Waals surface area contributed by atoms with Gasteiger partial charge in [-0.15, -0.1) is 0 Å². The van der Waals surface area contributed by atoms with Gasteiger partial charge in [-0.05, 0) is 70.1 Å². The molecule has 0 spiro atoms. The van der Waals surface area contributed by atoms with Crippen molar-refractivity contribution in [3.05, 3.63) is 99.6 Å². The van der Waals surface area contributed by atoms with Gasteiger partial charge in [0, 0.05) is 19.7 Å². The van der Waals surface area contributed by atoms with Crippen molar-refractivity contribution >= 4 is 34.2 Å². The summed E-state index contributed by atoms with van der Waals surface area (Å²) in [4.78, 5) is 4.93. The maximum Gasteiger partial charge on any atom is 0.0716 e. The molecule has 0 aliphatic heterocycles. The van der Waals surface area contributed by atoms with Crippen LogP contribution in [0.2, 0.25) is 5.02 Å². The van der Waals surface area contributed by atoms with Gasteiger partial charge in [-0.25, -0.2) is 4.98 Å². The van der Waals surface area contributed by atoms with E-state index in [1.165, 1.54) is 3.57 Å². The molecular weight excluding hydrogens is 453 g/mol. The van der Waals surface area contributed by atoms with E-state index in [2.05, 4.69) is 71.1 Å². The molecule has 126 valence electrons. The minimum atomic E-state index is 0.740. The number of pyridine rings is 1. The molecule has 1 heterocycles. The van der Waals surface area contributed by atoms with Crippen molar-refractivity contribution in [3.8, 4) is 33.6 Å². The first-order valence-electron chi connectivity index (χ1n) is 8.28. The normalized spacial score (nSPS) is 10.7. The van der Waals surface area contributed by atoms with Gasteiger partial charge in [0.15, 0.2) is 0 Å². The molecule has 0 bridgehead atoms. The Bertz CT molecular complexity index is 1040. The largest absolute Gasteiger partial charge is 0.248 e. The molecule has 0 saturated heterocycles. The lowest BCUT2D eigenvalue weighted by molar-refractivity contribution is 1.32. The summed E-state index contributed by atoms with van der Waals surface area (Å²) in [6, 6.07) is 30.9. The topological polar surface area (TPSA) is 12.9 Å². The highest BCUT2D eigenvalue weighted by Crippen LogP contribution is 2.31. The summed E-state index contributed by atoms with van der Waals surface area (Å²) in [6.07, 6.45) is 0. The Hall–Kier alpha value is -2.17. The Balaban J connectivity index is 1.91. The van der Waals surface area contributed by atoms with Gasteiger partial charge in [-0.1, -0.05) is 66.2 Å². The summed E-state index contributed by atoms with van der Waals surface area (Å²) in [5.74, 6) is 0. The number of hydrogen-bond acceptors (Lipinski definition) is 1. The molecule has 0 aliphatic rings. The zero-order valence-electron chi connectivity index (χ0n) is 13.9. The third-order valence-electron chi connectivity index (χ3n) is 4.19. The lowest BCUT2D eigenvalue weighted by Crippen LogP contribution is -1.91. The molecule has 0 radical (unpaired) electrons. The maximum absolute atomic E-state index is 6.06. The summed E-state index contributed by atoms with van der Waals surface area (Å²) in [5.41, 5.74) is 6.41. The summed E-state index contributed by atoms with van der Waals surface area (Å²) >= 11 is 8.39. The minimum absolute atomic E-state index is 0.740. The predicted octanol–water partition coefficient (Wildman–Crippen LogP) is 7.34. The highest BCUT2D eigenvalue weighted by Gasteiger charge is 2.09. The fourth-order valence-electron chi connectivity index (χ4n) is 2.89. The molecule has 26 heavy (non-hydrogen) atoms. The average Bonchev–Trinajstić information content (AvgIpc) is 2.69. The highest BCUT2D eigenvalue weighted by molar-refractivity contribution is 14.1. The molecule has 0 unspecified atom stereocenters. The Morgan fingerprint density at radius 2 is 1.23 bits per heavy atom. The van der Waals surface area contributed by atoms with E-state index in [0.717, 1.165) is 38.7 Å². The van der Waals surface area contributed by atoms with Crippen LogP contribution >= 0.6 is 34.2 Å². The highest BCUT2D eigenvalue weighted by atomic mass is 127. The second-order valence-corrected chi connectivity index (χ2v) is 7.69. The molecule has 0 fully saturated rings. The molecule has 1 aromatic heterocycles. The van der Waals surface area contributed by atoms with Crippen molar-refractivity contribution in [2.24, 2.45) is 0 Å². The SMILES string of the molecule is Clc1ccc(-c2cc(-c3ccccc3)nc(-c3cccc(I)c3)c2)cc1. The first-order valence-corrected chi connectivity index (χ1v) is 9.74. The van der Waals surface area contributed by atoms with Crippen molar-refractivity contribution in [1.29, 1.82) is 0 Å². The van der Waals surface area contributed by atoms with E-state index in [1.54, 1.807) is 0 Å². The molecule has 0 atom stereocenters. The van der Waals surface area contributed by atoms with Crippen molar-refractivity contribution in [1.82, 2.24) is 4.98 Å². The number of halogens is 2. The molecular formula is C23H15ClIN. The van der Waals surface area contributed by atoms with E-state index < -0.39 is 0 Å². The molecule has 3 aromatic carbocycles. The van der Waals surface area contributed by atoms with Gasteiger partial charge in [0.1, 0.15) is 0 Å². The Morgan fingerprint density at radius 1 is 0.577 bits per heavy atom. The van der Waals surface area contributed by atoms with E-state index in [9.17, 15) is 0 Å². The number of nitrogens with zero attached hydrogens (tertiary/aromatic N) is 1. The molecule has 4 aromatic rings. The van der Waals surface area contributed by atoms with Gasteiger partial charge < -0.3 is 0 Å². The van der Waals surface area contributed by atoms with Gasteiger partial charge in [0.25, 0.3) is 0 Å². The fraction of sp³-hybridized carbons (Fsp3) is 0. The second-order valence-electron chi connectivity index (χ2n) is 6.01. The van der Waals surface area contributed by atoms with E-state index in [-0.39, 0.29) is 0 Å². The minimum Gasteiger partial charge on any atom is -0.248 e. The monoisotopic (exact) mass is 467 g/mol.